The predicted molar refractivity (Wildman–Crippen MR) is 111 cm³/mol. The van der Waals surface area contributed by atoms with Crippen LogP contribution in [0.5, 0.6) is 0 Å². The predicted octanol–water partition coefficient (Wildman–Crippen LogP) is 3.74. The molecule has 0 radical (unpaired) electrons. The monoisotopic (exact) mass is 430 g/mol. The average molecular weight is 431 g/mol. The second-order valence-electron chi connectivity index (χ2n) is 7.79. The summed E-state index contributed by atoms with van der Waals surface area (Å²) in [6, 6.07) is 12.1. The van der Waals surface area contributed by atoms with Crippen molar-refractivity contribution in [2.75, 3.05) is 6.54 Å². The lowest BCUT2D eigenvalue weighted by molar-refractivity contribution is -0.136. The number of halogens is 1. The van der Waals surface area contributed by atoms with Crippen LogP contribution in [0.25, 0.3) is 10.9 Å². The molecule has 4 rings (SSSR count). The summed E-state index contributed by atoms with van der Waals surface area (Å²) in [4.78, 5) is 11.5. The lowest BCUT2D eigenvalue weighted by atomic mass is 10.1. The summed E-state index contributed by atoms with van der Waals surface area (Å²) in [5.74, 6) is -1.39. The largest absolute Gasteiger partial charge is 0.481 e. The number of para-hydroxylation sites is 1. The van der Waals surface area contributed by atoms with E-state index in [0.717, 1.165) is 34.3 Å². The van der Waals surface area contributed by atoms with Gasteiger partial charge in [0.2, 0.25) is 10.0 Å². The Hall–Kier alpha value is -2.71. The molecule has 30 heavy (non-hydrogen) atoms. The van der Waals surface area contributed by atoms with E-state index in [-0.39, 0.29) is 29.9 Å². The number of hydrogen-bond donors (Lipinski definition) is 1. The average Bonchev–Trinajstić information content (AvgIpc) is 3.20. The van der Waals surface area contributed by atoms with Crippen molar-refractivity contribution in [3.8, 4) is 0 Å². The molecule has 2 heterocycles. The van der Waals surface area contributed by atoms with Gasteiger partial charge in [-0.05, 0) is 56.2 Å². The maximum absolute atomic E-state index is 13.2. The highest BCUT2D eigenvalue weighted by molar-refractivity contribution is 7.89. The molecular weight excluding hydrogens is 407 g/mol. The van der Waals surface area contributed by atoms with Crippen LogP contribution in [0.1, 0.15) is 30.6 Å². The number of carbonyl (C=O) groups is 1. The minimum absolute atomic E-state index is 0.0667. The van der Waals surface area contributed by atoms with Crippen LogP contribution in [0.3, 0.4) is 0 Å². The summed E-state index contributed by atoms with van der Waals surface area (Å²) in [5.41, 5.74) is 2.51. The van der Waals surface area contributed by atoms with Crippen LogP contribution in [0, 0.1) is 12.7 Å². The smallest absolute Gasteiger partial charge is 0.307 e. The van der Waals surface area contributed by atoms with Crippen molar-refractivity contribution in [2.24, 2.45) is 0 Å². The molecule has 0 amide bonds. The Labute approximate surface area is 174 Å². The Kier molecular flexibility index (Phi) is 5.15. The fraction of sp³-hybridized carbons (Fsp3) is 0.318. The number of sulfonamides is 1. The third kappa shape index (κ3) is 3.40. The first-order chi connectivity index (χ1) is 14.2. The van der Waals surface area contributed by atoms with Crippen LogP contribution < -0.4 is 0 Å². The summed E-state index contributed by atoms with van der Waals surface area (Å²) >= 11 is 0. The van der Waals surface area contributed by atoms with Crippen molar-refractivity contribution < 1.29 is 22.7 Å². The molecule has 1 aliphatic heterocycles. The Bertz CT molecular complexity index is 1220. The van der Waals surface area contributed by atoms with E-state index < -0.39 is 21.8 Å². The van der Waals surface area contributed by atoms with Gasteiger partial charge in [0.25, 0.3) is 0 Å². The van der Waals surface area contributed by atoms with Crippen LogP contribution in [0.15, 0.2) is 53.4 Å². The van der Waals surface area contributed by atoms with E-state index in [2.05, 4.69) is 4.57 Å². The molecular formula is C22H23FN2O4S. The zero-order valence-corrected chi connectivity index (χ0v) is 17.6. The number of aromatic nitrogens is 1. The maximum Gasteiger partial charge on any atom is 0.307 e. The number of hydrogen-bond acceptors (Lipinski definition) is 3. The van der Waals surface area contributed by atoms with Crippen molar-refractivity contribution in [3.63, 3.8) is 0 Å². The second-order valence-corrected chi connectivity index (χ2v) is 9.68. The third-order valence-corrected chi connectivity index (χ3v) is 7.89. The lowest BCUT2D eigenvalue weighted by Crippen LogP contribution is -2.34. The van der Waals surface area contributed by atoms with Gasteiger partial charge in [0, 0.05) is 35.2 Å². The SMILES string of the molecule is Cc1c(CC(=O)O)c2ccccc2n1[C@@H]1C[C@H](C)N(S(=O)(=O)c2ccc(F)cc2)C1. The number of carboxylic acid groups (broad SMARTS) is 1. The van der Waals surface area contributed by atoms with Crippen LogP contribution in [0.2, 0.25) is 0 Å². The van der Waals surface area contributed by atoms with E-state index in [0.29, 0.717) is 6.42 Å². The van der Waals surface area contributed by atoms with Crippen molar-refractivity contribution in [2.45, 2.75) is 43.7 Å². The molecule has 1 aliphatic rings. The summed E-state index contributed by atoms with van der Waals surface area (Å²) in [7, 11) is -3.76. The van der Waals surface area contributed by atoms with E-state index >= 15 is 0 Å². The van der Waals surface area contributed by atoms with Gasteiger partial charge in [-0.3, -0.25) is 4.79 Å². The van der Waals surface area contributed by atoms with Gasteiger partial charge in [-0.1, -0.05) is 18.2 Å². The molecule has 0 aliphatic carbocycles. The lowest BCUT2D eigenvalue weighted by Gasteiger charge is -2.21. The number of carboxylic acids is 1. The number of rotatable bonds is 5. The first kappa shape index (κ1) is 20.6. The summed E-state index contributed by atoms with van der Waals surface area (Å²) in [5, 5.41) is 10.2. The van der Waals surface area contributed by atoms with E-state index in [9.17, 15) is 22.7 Å². The van der Waals surface area contributed by atoms with E-state index in [4.69, 9.17) is 0 Å². The highest BCUT2D eigenvalue weighted by atomic mass is 32.2. The van der Waals surface area contributed by atoms with Crippen LogP contribution in [-0.4, -0.2) is 41.0 Å². The number of aliphatic carboxylic acids is 1. The van der Waals surface area contributed by atoms with Crippen molar-refractivity contribution in [3.05, 3.63) is 65.6 Å². The Morgan fingerprint density at radius 1 is 1.17 bits per heavy atom. The molecule has 1 saturated heterocycles. The zero-order valence-electron chi connectivity index (χ0n) is 16.7. The molecule has 2 aromatic carbocycles. The normalized spacial score (nSPS) is 20.1. The van der Waals surface area contributed by atoms with Gasteiger partial charge in [-0.15, -0.1) is 0 Å². The summed E-state index contributed by atoms with van der Waals surface area (Å²) in [6.45, 7) is 4.02. The second kappa shape index (κ2) is 7.52. The zero-order chi connectivity index (χ0) is 21.6. The summed E-state index contributed by atoms with van der Waals surface area (Å²) < 4.78 is 43.1. The van der Waals surface area contributed by atoms with Gasteiger partial charge in [-0.2, -0.15) is 4.31 Å². The van der Waals surface area contributed by atoms with E-state index in [1.807, 2.05) is 38.1 Å². The highest BCUT2D eigenvalue weighted by Gasteiger charge is 2.39. The molecule has 3 aromatic rings. The molecule has 8 heteroatoms. The van der Waals surface area contributed by atoms with Gasteiger partial charge < -0.3 is 9.67 Å². The van der Waals surface area contributed by atoms with Crippen LogP contribution >= 0.6 is 0 Å². The highest BCUT2D eigenvalue weighted by Crippen LogP contribution is 2.37. The molecule has 1 fully saturated rings. The Balaban J connectivity index is 1.74. The van der Waals surface area contributed by atoms with Crippen molar-refractivity contribution in [1.29, 1.82) is 0 Å². The van der Waals surface area contributed by atoms with Gasteiger partial charge in [0.1, 0.15) is 5.82 Å². The summed E-state index contributed by atoms with van der Waals surface area (Å²) in [6.07, 6.45) is 0.520. The molecule has 1 aromatic heterocycles. The van der Waals surface area contributed by atoms with Crippen LogP contribution in [-0.2, 0) is 21.2 Å². The molecule has 0 spiro atoms. The molecule has 6 nitrogen and oxygen atoms in total. The standard InChI is InChI=1S/C22H23FN2O4S/c1-14-11-17(13-24(14)30(28,29)18-9-7-16(23)8-10-18)25-15(2)20(12-22(26)27)19-5-3-4-6-21(19)25/h3-10,14,17H,11-13H2,1-2H3,(H,26,27)/t14-,17+/m0/s1. The quantitative estimate of drug-likeness (QED) is 0.669. The van der Waals surface area contributed by atoms with Crippen LogP contribution in [0.4, 0.5) is 4.39 Å². The number of benzene rings is 2. The Morgan fingerprint density at radius 3 is 2.50 bits per heavy atom. The van der Waals surface area contributed by atoms with Crippen molar-refractivity contribution in [1.82, 2.24) is 8.87 Å². The molecule has 158 valence electrons. The maximum atomic E-state index is 13.2. The van der Waals surface area contributed by atoms with Gasteiger partial charge in [0.15, 0.2) is 0 Å². The first-order valence-corrected chi connectivity index (χ1v) is 11.2. The van der Waals surface area contributed by atoms with Crippen molar-refractivity contribution >= 4 is 26.9 Å². The molecule has 1 N–H and O–H groups in total. The minimum Gasteiger partial charge on any atom is -0.481 e. The number of fused-ring (bicyclic) bond motifs is 1. The fourth-order valence-corrected chi connectivity index (χ4v) is 6.22. The van der Waals surface area contributed by atoms with E-state index in [1.165, 1.54) is 16.4 Å². The molecule has 2 atom stereocenters. The minimum atomic E-state index is -3.76. The van der Waals surface area contributed by atoms with Gasteiger partial charge in [-0.25, -0.2) is 12.8 Å². The van der Waals surface area contributed by atoms with E-state index in [1.54, 1.807) is 0 Å². The Morgan fingerprint density at radius 2 is 1.83 bits per heavy atom. The molecule has 0 unspecified atom stereocenters. The third-order valence-electron chi connectivity index (χ3n) is 5.90. The topological polar surface area (TPSA) is 79.6 Å². The molecule has 0 saturated carbocycles. The van der Waals surface area contributed by atoms with Gasteiger partial charge >= 0.3 is 5.97 Å². The number of nitrogens with zero attached hydrogens (tertiary/aromatic N) is 2. The van der Waals surface area contributed by atoms with Gasteiger partial charge in [0.05, 0.1) is 11.3 Å². The fourth-order valence-electron chi connectivity index (χ4n) is 4.54. The molecule has 0 bridgehead atoms. The first-order valence-electron chi connectivity index (χ1n) is 9.77.